The van der Waals surface area contributed by atoms with Crippen LogP contribution in [0, 0.1) is 24.7 Å². The molecule has 0 saturated heterocycles. The van der Waals surface area contributed by atoms with Crippen molar-refractivity contribution in [2.24, 2.45) is 10.2 Å². The molecule has 4 aromatic carbocycles. The topological polar surface area (TPSA) is 114 Å². The first-order valence-electron chi connectivity index (χ1n) is 23.1. The van der Waals surface area contributed by atoms with E-state index in [4.69, 9.17) is 41.3 Å². The van der Waals surface area contributed by atoms with Crippen LogP contribution in [0.25, 0.3) is 0 Å². The Morgan fingerprint density at radius 1 is 0.359 bits per heavy atom. The average molecular weight is 871 g/mol. The first-order valence-corrected chi connectivity index (χ1v) is 23.1. The van der Waals surface area contributed by atoms with Crippen molar-refractivity contribution >= 4 is 23.3 Å². The lowest BCUT2D eigenvalue weighted by Crippen LogP contribution is -2.06. The van der Waals surface area contributed by atoms with E-state index in [1.807, 2.05) is 48.5 Å². The molecule has 0 unspecified atom stereocenters. The van der Waals surface area contributed by atoms with Gasteiger partial charge in [0, 0.05) is 0 Å². The van der Waals surface area contributed by atoms with E-state index in [-0.39, 0.29) is 25.2 Å². The Morgan fingerprint density at radius 3 is 0.938 bits per heavy atom. The van der Waals surface area contributed by atoms with Crippen molar-refractivity contribution < 1.29 is 38.0 Å². The molecule has 0 fully saturated rings. The number of nitrogens with zero attached hydrogens (tertiary/aromatic N) is 2. The number of rotatable bonds is 34. The van der Waals surface area contributed by atoms with Gasteiger partial charge in [-0.25, -0.2) is 9.59 Å². The van der Waals surface area contributed by atoms with Gasteiger partial charge in [-0.1, -0.05) is 102 Å². The number of ether oxygens (including phenoxy) is 6. The van der Waals surface area contributed by atoms with E-state index in [0.29, 0.717) is 49.1 Å². The first-order chi connectivity index (χ1) is 31.5. The van der Waals surface area contributed by atoms with Gasteiger partial charge in [-0.05, 0) is 123 Å². The molecule has 0 radical (unpaired) electrons. The summed E-state index contributed by atoms with van der Waals surface area (Å²) in [5.74, 6) is 7.16. The standard InChI is InChI=1S/C54H66N2O8/c1-3-39-59-49-31-23-45(24-32-49)53(57)63-43-21-17-13-9-5-7-11-15-19-41-61-51-35-27-47(28-36-51)55-56-48-29-37-52(38-30-48)62-42-20-16-12-8-6-10-14-18-22-44-64-54(58)46-25-33-50(34-26-46)60-40-4-2/h1-2,23-38H,5-22,39-44H2. The maximum Gasteiger partial charge on any atom is 0.338 e. The van der Waals surface area contributed by atoms with Crippen LogP contribution in [-0.4, -0.2) is 51.6 Å². The van der Waals surface area contributed by atoms with Crippen LogP contribution < -0.4 is 18.9 Å². The van der Waals surface area contributed by atoms with E-state index in [0.717, 1.165) is 87.1 Å². The van der Waals surface area contributed by atoms with Gasteiger partial charge in [0.2, 0.25) is 0 Å². The summed E-state index contributed by atoms with van der Waals surface area (Å²) in [5, 5.41) is 8.76. The molecule has 10 nitrogen and oxygen atoms in total. The van der Waals surface area contributed by atoms with Gasteiger partial charge >= 0.3 is 11.9 Å². The van der Waals surface area contributed by atoms with Crippen LogP contribution in [0.4, 0.5) is 11.4 Å². The van der Waals surface area contributed by atoms with Gasteiger partial charge in [0.05, 0.1) is 48.9 Å². The van der Waals surface area contributed by atoms with E-state index in [2.05, 4.69) is 22.1 Å². The zero-order chi connectivity index (χ0) is 45.1. The third-order valence-corrected chi connectivity index (χ3v) is 10.4. The van der Waals surface area contributed by atoms with Gasteiger partial charge in [0.15, 0.2) is 0 Å². The number of azo groups is 1. The van der Waals surface area contributed by atoms with E-state index in [9.17, 15) is 9.59 Å². The van der Waals surface area contributed by atoms with E-state index < -0.39 is 0 Å². The van der Waals surface area contributed by atoms with Crippen molar-refractivity contribution in [3.8, 4) is 47.7 Å². The van der Waals surface area contributed by atoms with Crippen molar-refractivity contribution in [2.75, 3.05) is 39.6 Å². The normalized spacial score (nSPS) is 10.8. The maximum absolute atomic E-state index is 12.2. The number of hydrogen-bond acceptors (Lipinski definition) is 10. The van der Waals surface area contributed by atoms with Crippen LogP contribution in [0.5, 0.6) is 23.0 Å². The lowest BCUT2D eigenvalue weighted by molar-refractivity contribution is 0.0488. The Bertz CT molecular complexity index is 1840. The molecule has 0 bridgehead atoms. The van der Waals surface area contributed by atoms with E-state index >= 15 is 0 Å². The largest absolute Gasteiger partial charge is 0.494 e. The van der Waals surface area contributed by atoms with Crippen LogP contribution in [0.15, 0.2) is 107 Å². The third kappa shape index (κ3) is 22.2. The molecule has 340 valence electrons. The minimum Gasteiger partial charge on any atom is -0.494 e. The number of carbonyl (C=O) groups is 2. The molecule has 0 aromatic heterocycles. The molecule has 4 aromatic rings. The molecule has 0 aliphatic rings. The highest BCUT2D eigenvalue weighted by Gasteiger charge is 2.09. The smallest absolute Gasteiger partial charge is 0.338 e. The Morgan fingerprint density at radius 2 is 0.625 bits per heavy atom. The molecule has 0 amide bonds. The fraction of sp³-hybridized carbons (Fsp3) is 0.444. The van der Waals surface area contributed by atoms with Crippen LogP contribution in [0.2, 0.25) is 0 Å². The van der Waals surface area contributed by atoms with Gasteiger partial charge < -0.3 is 28.4 Å². The molecule has 4 rings (SSSR count). The Kier molecular flexibility index (Phi) is 25.5. The number of carbonyl (C=O) groups excluding carboxylic acids is 2. The van der Waals surface area contributed by atoms with Crippen molar-refractivity contribution in [2.45, 2.75) is 116 Å². The van der Waals surface area contributed by atoms with Crippen LogP contribution in [0.1, 0.15) is 136 Å². The summed E-state index contributed by atoms with van der Waals surface area (Å²) >= 11 is 0. The van der Waals surface area contributed by atoms with Gasteiger partial charge in [0.25, 0.3) is 0 Å². The van der Waals surface area contributed by atoms with E-state index in [1.165, 1.54) is 51.4 Å². The third-order valence-electron chi connectivity index (χ3n) is 10.4. The van der Waals surface area contributed by atoms with Gasteiger partial charge in [-0.15, -0.1) is 12.8 Å². The Labute approximate surface area is 381 Å². The van der Waals surface area contributed by atoms with Crippen molar-refractivity contribution in [3.63, 3.8) is 0 Å². The maximum atomic E-state index is 12.2. The summed E-state index contributed by atoms with van der Waals surface area (Å²) in [6.07, 6.45) is 30.7. The number of terminal acetylenes is 2. The number of esters is 2. The molecule has 0 saturated carbocycles. The molecule has 0 heterocycles. The molecule has 0 aliphatic heterocycles. The fourth-order valence-corrected chi connectivity index (χ4v) is 6.72. The highest BCUT2D eigenvalue weighted by molar-refractivity contribution is 5.90. The first kappa shape index (κ1) is 50.4. The monoisotopic (exact) mass is 870 g/mol. The minimum atomic E-state index is -0.310. The molecular formula is C54H66N2O8. The van der Waals surface area contributed by atoms with Crippen LogP contribution >= 0.6 is 0 Å². The average Bonchev–Trinajstić information content (AvgIpc) is 3.33. The van der Waals surface area contributed by atoms with Crippen LogP contribution in [-0.2, 0) is 9.47 Å². The van der Waals surface area contributed by atoms with Crippen molar-refractivity contribution in [3.05, 3.63) is 108 Å². The summed E-state index contributed by atoms with van der Waals surface area (Å²) in [6.45, 7) is 2.68. The van der Waals surface area contributed by atoms with Gasteiger partial charge in [0.1, 0.15) is 36.2 Å². The van der Waals surface area contributed by atoms with E-state index in [1.54, 1.807) is 48.5 Å². The summed E-state index contributed by atoms with van der Waals surface area (Å²) in [5.41, 5.74) is 2.57. The zero-order valence-electron chi connectivity index (χ0n) is 37.5. The molecule has 64 heavy (non-hydrogen) atoms. The number of benzene rings is 4. The molecular weight excluding hydrogens is 805 g/mol. The SMILES string of the molecule is C#CCOc1ccc(C(=O)OCCCCCCCCCCCOc2ccc(N=Nc3ccc(OCCCCCCCCCCCOC(=O)c4ccc(OCC#C)cc4)cc3)cc2)cc1. The molecule has 0 aliphatic carbocycles. The molecule has 10 heteroatoms. The Balaban J connectivity index is 0.904. The minimum absolute atomic E-state index is 0.200. The fourth-order valence-electron chi connectivity index (χ4n) is 6.72. The lowest BCUT2D eigenvalue weighted by Gasteiger charge is -2.07. The van der Waals surface area contributed by atoms with Crippen molar-refractivity contribution in [1.82, 2.24) is 0 Å². The molecule has 0 N–H and O–H groups in total. The zero-order valence-corrected chi connectivity index (χ0v) is 37.5. The lowest BCUT2D eigenvalue weighted by atomic mass is 10.1. The number of hydrogen-bond donors (Lipinski definition) is 0. The highest BCUT2D eigenvalue weighted by atomic mass is 16.5. The Hall–Kier alpha value is -6.26. The second kappa shape index (κ2) is 32.4. The highest BCUT2D eigenvalue weighted by Crippen LogP contribution is 2.24. The second-order valence-corrected chi connectivity index (χ2v) is 15.6. The quantitative estimate of drug-likeness (QED) is 0.0197. The van der Waals surface area contributed by atoms with Gasteiger partial charge in [-0.3, -0.25) is 0 Å². The van der Waals surface area contributed by atoms with Gasteiger partial charge in [-0.2, -0.15) is 10.2 Å². The predicted molar refractivity (Wildman–Crippen MR) is 253 cm³/mol. The number of unbranched alkanes of at least 4 members (excludes halogenated alkanes) is 16. The summed E-state index contributed by atoms with van der Waals surface area (Å²) in [7, 11) is 0. The predicted octanol–water partition coefficient (Wildman–Crippen LogP) is 13.6. The van der Waals surface area contributed by atoms with Crippen LogP contribution in [0.3, 0.4) is 0 Å². The summed E-state index contributed by atoms with van der Waals surface area (Å²) in [6, 6.07) is 29.1. The molecule has 0 atom stereocenters. The molecule has 0 spiro atoms. The second-order valence-electron chi connectivity index (χ2n) is 15.6. The summed E-state index contributed by atoms with van der Waals surface area (Å²) < 4.78 is 33.3. The van der Waals surface area contributed by atoms with Crippen molar-refractivity contribution in [1.29, 1.82) is 0 Å². The summed E-state index contributed by atoms with van der Waals surface area (Å²) in [4.78, 5) is 24.4.